The molecule has 0 aliphatic rings. The van der Waals surface area contributed by atoms with Crippen LogP contribution in [0.3, 0.4) is 0 Å². The molecule has 3 N–H and O–H groups in total. The van der Waals surface area contributed by atoms with Crippen LogP contribution in [0.25, 0.3) is 10.8 Å². The normalized spacial score (nSPS) is 11.8. The van der Waals surface area contributed by atoms with E-state index in [2.05, 4.69) is 10.3 Å². The van der Waals surface area contributed by atoms with Crippen LogP contribution in [-0.2, 0) is 11.4 Å². The largest absolute Gasteiger partial charge is 0.465 e. The number of hydrogen-bond donors (Lipinski definition) is 3. The third kappa shape index (κ3) is 4.44. The number of carboxylic acid groups (broad SMARTS) is 1. The zero-order valence-corrected chi connectivity index (χ0v) is 15.4. The Morgan fingerprint density at radius 1 is 1.11 bits per heavy atom. The minimum atomic E-state index is -1.11. The molecular formula is C21H21N3O4. The van der Waals surface area contributed by atoms with Gasteiger partial charge in [-0.15, -0.1) is 0 Å². The van der Waals surface area contributed by atoms with Crippen molar-refractivity contribution in [1.29, 1.82) is 0 Å². The maximum Gasteiger partial charge on any atom is 0.407 e. The Bertz CT molecular complexity index is 988. The lowest BCUT2D eigenvalue weighted by atomic mass is 9.96. The zero-order valence-electron chi connectivity index (χ0n) is 15.4. The van der Waals surface area contributed by atoms with Gasteiger partial charge in [-0.25, -0.2) is 4.79 Å². The van der Waals surface area contributed by atoms with E-state index >= 15 is 0 Å². The number of nitrogens with zero attached hydrogens (tertiary/aromatic N) is 2. The summed E-state index contributed by atoms with van der Waals surface area (Å²) in [5.41, 5.74) is 2.02. The van der Waals surface area contributed by atoms with Crippen LogP contribution >= 0.6 is 0 Å². The number of anilines is 1. The third-order valence-corrected chi connectivity index (χ3v) is 4.57. The molecule has 1 unspecified atom stereocenters. The van der Waals surface area contributed by atoms with Gasteiger partial charge in [0.1, 0.15) is 0 Å². The highest BCUT2D eigenvalue weighted by Crippen LogP contribution is 2.23. The number of carbonyl (C=O) groups is 2. The molecule has 1 aromatic heterocycles. The monoisotopic (exact) mass is 379 g/mol. The molecule has 2 amide bonds. The molecule has 0 spiro atoms. The molecule has 1 atom stereocenters. The molecule has 3 rings (SSSR count). The van der Waals surface area contributed by atoms with Gasteiger partial charge >= 0.3 is 6.09 Å². The van der Waals surface area contributed by atoms with Crippen LogP contribution in [0.4, 0.5) is 10.5 Å². The van der Waals surface area contributed by atoms with Gasteiger partial charge in [0, 0.05) is 37.1 Å². The SMILES string of the molecule is CN(CC(C(=O)Nc1ccc2cnccc2c1)c1ccc(CO)cc1)C(=O)O. The van der Waals surface area contributed by atoms with Crippen molar-refractivity contribution in [3.63, 3.8) is 0 Å². The number of hydrogen-bond acceptors (Lipinski definition) is 4. The van der Waals surface area contributed by atoms with Crippen molar-refractivity contribution in [1.82, 2.24) is 9.88 Å². The number of likely N-dealkylation sites (N-methyl/N-ethyl adjacent to an activating group) is 1. The number of aromatic nitrogens is 1. The highest BCUT2D eigenvalue weighted by molar-refractivity contribution is 5.98. The lowest BCUT2D eigenvalue weighted by Crippen LogP contribution is -2.35. The average Bonchev–Trinajstić information content (AvgIpc) is 2.71. The van der Waals surface area contributed by atoms with Crippen LogP contribution in [0.5, 0.6) is 0 Å². The predicted octanol–water partition coefficient (Wildman–Crippen LogP) is 3.06. The van der Waals surface area contributed by atoms with Crippen molar-refractivity contribution in [3.8, 4) is 0 Å². The molecule has 7 heteroatoms. The quantitative estimate of drug-likeness (QED) is 0.611. The Morgan fingerprint density at radius 3 is 2.54 bits per heavy atom. The van der Waals surface area contributed by atoms with Gasteiger partial charge in [0.15, 0.2) is 0 Å². The fourth-order valence-corrected chi connectivity index (χ4v) is 2.94. The highest BCUT2D eigenvalue weighted by Gasteiger charge is 2.24. The Kier molecular flexibility index (Phi) is 5.86. The van der Waals surface area contributed by atoms with Gasteiger partial charge in [-0.2, -0.15) is 0 Å². The van der Waals surface area contributed by atoms with E-state index in [9.17, 15) is 19.8 Å². The molecule has 144 valence electrons. The fraction of sp³-hybridized carbons (Fsp3) is 0.190. The maximum absolute atomic E-state index is 13.0. The Hall–Kier alpha value is -3.45. The number of carbonyl (C=O) groups excluding carboxylic acids is 1. The van der Waals surface area contributed by atoms with E-state index < -0.39 is 12.0 Å². The summed E-state index contributed by atoms with van der Waals surface area (Å²) in [5, 5.41) is 23.2. The van der Waals surface area contributed by atoms with E-state index in [1.807, 2.05) is 18.2 Å². The molecule has 0 bridgehead atoms. The lowest BCUT2D eigenvalue weighted by molar-refractivity contribution is -0.117. The molecular weight excluding hydrogens is 358 g/mol. The first-order valence-corrected chi connectivity index (χ1v) is 8.76. The maximum atomic E-state index is 13.0. The predicted molar refractivity (Wildman–Crippen MR) is 106 cm³/mol. The lowest BCUT2D eigenvalue weighted by Gasteiger charge is -2.22. The second kappa shape index (κ2) is 8.49. The molecule has 0 aliphatic heterocycles. The van der Waals surface area contributed by atoms with Crippen molar-refractivity contribution in [2.75, 3.05) is 18.9 Å². The molecule has 3 aromatic rings. The second-order valence-electron chi connectivity index (χ2n) is 6.54. The van der Waals surface area contributed by atoms with Crippen molar-refractivity contribution in [2.45, 2.75) is 12.5 Å². The van der Waals surface area contributed by atoms with Crippen molar-refractivity contribution in [2.24, 2.45) is 0 Å². The summed E-state index contributed by atoms with van der Waals surface area (Å²) in [6.07, 6.45) is 2.32. The van der Waals surface area contributed by atoms with E-state index in [1.165, 1.54) is 7.05 Å². The average molecular weight is 379 g/mol. The van der Waals surface area contributed by atoms with Crippen LogP contribution in [0, 0.1) is 0 Å². The van der Waals surface area contributed by atoms with Crippen molar-refractivity contribution >= 4 is 28.5 Å². The molecule has 2 aromatic carbocycles. The zero-order chi connectivity index (χ0) is 20.1. The summed E-state index contributed by atoms with van der Waals surface area (Å²) in [6.45, 7) is -0.0880. The fourth-order valence-electron chi connectivity index (χ4n) is 2.94. The van der Waals surface area contributed by atoms with Gasteiger partial charge in [-0.3, -0.25) is 9.78 Å². The number of nitrogens with one attached hydrogen (secondary N) is 1. The summed E-state index contributed by atoms with van der Waals surface area (Å²) in [7, 11) is 1.42. The first-order valence-electron chi connectivity index (χ1n) is 8.76. The van der Waals surface area contributed by atoms with Crippen LogP contribution in [-0.4, -0.2) is 45.7 Å². The summed E-state index contributed by atoms with van der Waals surface area (Å²) in [5.74, 6) is -1.000. The number of aliphatic hydroxyl groups is 1. The van der Waals surface area contributed by atoms with E-state index in [0.717, 1.165) is 21.2 Å². The molecule has 0 fully saturated rings. The smallest absolute Gasteiger partial charge is 0.407 e. The van der Waals surface area contributed by atoms with Crippen molar-refractivity contribution in [3.05, 3.63) is 72.1 Å². The standard InChI is InChI=1S/C21H21N3O4/c1-24(21(27)28)12-19(15-4-2-14(13-25)3-5-15)20(26)23-18-7-6-17-11-22-9-8-16(17)10-18/h2-11,19,25H,12-13H2,1H3,(H,23,26)(H,27,28). The minimum Gasteiger partial charge on any atom is -0.465 e. The van der Waals surface area contributed by atoms with E-state index in [-0.39, 0.29) is 19.1 Å². The topological polar surface area (TPSA) is 103 Å². The van der Waals surface area contributed by atoms with Crippen molar-refractivity contribution < 1.29 is 19.8 Å². The molecule has 0 saturated carbocycles. The summed E-state index contributed by atoms with van der Waals surface area (Å²) in [6, 6.07) is 14.3. The van der Waals surface area contributed by atoms with Gasteiger partial charge in [0.2, 0.25) is 5.91 Å². The molecule has 28 heavy (non-hydrogen) atoms. The van der Waals surface area contributed by atoms with E-state index in [4.69, 9.17) is 0 Å². The number of benzene rings is 2. The van der Waals surface area contributed by atoms with Crippen LogP contribution < -0.4 is 5.32 Å². The Labute approximate surface area is 162 Å². The van der Waals surface area contributed by atoms with Crippen LogP contribution in [0.2, 0.25) is 0 Å². The van der Waals surface area contributed by atoms with Crippen LogP contribution in [0.1, 0.15) is 17.0 Å². The van der Waals surface area contributed by atoms with Gasteiger partial charge in [-0.05, 0) is 34.7 Å². The van der Waals surface area contributed by atoms with Gasteiger partial charge < -0.3 is 20.4 Å². The minimum absolute atomic E-state index is 0.0111. The summed E-state index contributed by atoms with van der Waals surface area (Å²) < 4.78 is 0. The summed E-state index contributed by atoms with van der Waals surface area (Å²) >= 11 is 0. The van der Waals surface area contributed by atoms with E-state index in [0.29, 0.717) is 11.3 Å². The molecule has 7 nitrogen and oxygen atoms in total. The second-order valence-corrected chi connectivity index (χ2v) is 6.54. The molecule has 1 heterocycles. The highest BCUT2D eigenvalue weighted by atomic mass is 16.4. The third-order valence-electron chi connectivity index (χ3n) is 4.57. The van der Waals surface area contributed by atoms with Gasteiger partial charge in [0.25, 0.3) is 0 Å². The summed E-state index contributed by atoms with van der Waals surface area (Å²) in [4.78, 5) is 29.4. The number of fused-ring (bicyclic) bond motifs is 1. The molecule has 0 aliphatic carbocycles. The Balaban J connectivity index is 1.86. The van der Waals surface area contributed by atoms with Crippen LogP contribution in [0.15, 0.2) is 60.9 Å². The van der Waals surface area contributed by atoms with Gasteiger partial charge in [-0.1, -0.05) is 30.3 Å². The number of aliphatic hydroxyl groups excluding tert-OH is 1. The van der Waals surface area contributed by atoms with E-state index in [1.54, 1.807) is 42.7 Å². The first kappa shape index (κ1) is 19.3. The van der Waals surface area contributed by atoms with Gasteiger partial charge in [0.05, 0.1) is 12.5 Å². The molecule has 0 saturated heterocycles. The number of rotatable bonds is 6. The number of amides is 2. The molecule has 0 radical (unpaired) electrons. The first-order chi connectivity index (χ1) is 13.5. The Morgan fingerprint density at radius 2 is 1.86 bits per heavy atom. The number of pyridine rings is 1.